The molecule has 1 aromatic heterocycles. The van der Waals surface area contributed by atoms with Crippen LogP contribution in [0.2, 0.25) is 0 Å². The number of carbonyl (C=O) groups excluding carboxylic acids is 3. The number of hydrogen-bond acceptors (Lipinski definition) is 5. The number of urea groups is 1. The molecule has 0 spiro atoms. The van der Waals surface area contributed by atoms with E-state index in [-0.39, 0.29) is 11.2 Å². The number of hydrogen-bond donors (Lipinski definition) is 4. The number of rotatable bonds is 3. The van der Waals surface area contributed by atoms with Crippen molar-refractivity contribution in [2.45, 2.75) is 40.5 Å². The zero-order chi connectivity index (χ0) is 22.1. The van der Waals surface area contributed by atoms with Gasteiger partial charge in [-0.1, -0.05) is 31.5 Å². The van der Waals surface area contributed by atoms with Crippen molar-refractivity contribution in [1.29, 1.82) is 0 Å². The molecule has 2 aromatic rings. The molecular formula is C21H25N5O4. The summed E-state index contributed by atoms with van der Waals surface area (Å²) >= 11 is 0. The lowest BCUT2D eigenvalue weighted by Crippen LogP contribution is -2.41. The number of nitrogens with two attached hydrogens (primary N) is 1. The number of fused-ring (bicyclic) bond motifs is 1. The maximum absolute atomic E-state index is 12.7. The zero-order valence-corrected chi connectivity index (χ0v) is 17.4. The minimum absolute atomic E-state index is 0.0775. The Hall–Kier alpha value is -3.62. The Bertz CT molecular complexity index is 1030. The van der Waals surface area contributed by atoms with Crippen molar-refractivity contribution in [2.75, 3.05) is 0 Å². The van der Waals surface area contributed by atoms with Gasteiger partial charge in [0.1, 0.15) is 5.76 Å². The molecule has 5 N–H and O–H groups in total. The molecule has 0 radical (unpaired) electrons. The number of aryl methyl sites for hydroxylation is 1. The van der Waals surface area contributed by atoms with Crippen molar-refractivity contribution >= 4 is 23.6 Å². The molecule has 0 aliphatic heterocycles. The Morgan fingerprint density at radius 1 is 1.03 bits per heavy atom. The predicted octanol–water partition coefficient (Wildman–Crippen LogP) is 2.32. The van der Waals surface area contributed by atoms with E-state index in [1.54, 1.807) is 19.1 Å². The molecule has 1 heterocycles. The number of primary amides is 1. The molecule has 158 valence electrons. The molecule has 9 heteroatoms. The molecule has 0 fully saturated rings. The van der Waals surface area contributed by atoms with E-state index in [4.69, 9.17) is 10.2 Å². The maximum atomic E-state index is 12.7. The summed E-state index contributed by atoms with van der Waals surface area (Å²) in [6.45, 7) is 7.73. The number of carbonyl (C=O) groups is 3. The van der Waals surface area contributed by atoms with Gasteiger partial charge in [0.2, 0.25) is 0 Å². The highest BCUT2D eigenvalue weighted by Crippen LogP contribution is 2.38. The predicted molar refractivity (Wildman–Crippen MR) is 111 cm³/mol. The number of nitrogens with zero attached hydrogens (tertiary/aromatic N) is 1. The molecule has 1 aliphatic carbocycles. The lowest BCUT2D eigenvalue weighted by atomic mass is 9.75. The van der Waals surface area contributed by atoms with Gasteiger partial charge in [-0.25, -0.2) is 10.2 Å². The average Bonchev–Trinajstić information content (AvgIpc) is 2.99. The smallest absolute Gasteiger partial charge is 0.332 e. The second-order valence-electron chi connectivity index (χ2n) is 8.18. The average molecular weight is 411 g/mol. The van der Waals surface area contributed by atoms with Crippen LogP contribution in [0.5, 0.6) is 0 Å². The van der Waals surface area contributed by atoms with Gasteiger partial charge in [0.15, 0.2) is 5.76 Å². The highest BCUT2D eigenvalue weighted by atomic mass is 16.4. The fourth-order valence-electron chi connectivity index (χ4n) is 3.50. The first-order valence-electron chi connectivity index (χ1n) is 9.49. The monoisotopic (exact) mass is 411 g/mol. The van der Waals surface area contributed by atoms with Gasteiger partial charge in [0, 0.05) is 23.1 Å². The number of furan rings is 1. The van der Waals surface area contributed by atoms with E-state index >= 15 is 0 Å². The van der Waals surface area contributed by atoms with E-state index in [1.165, 1.54) is 0 Å². The minimum Gasteiger partial charge on any atom is -0.455 e. The first-order chi connectivity index (χ1) is 14.1. The molecule has 1 aromatic carbocycles. The van der Waals surface area contributed by atoms with Crippen LogP contribution in [0.15, 0.2) is 33.8 Å². The lowest BCUT2D eigenvalue weighted by molar-refractivity contribution is 0.0828. The molecule has 1 aliphatic rings. The van der Waals surface area contributed by atoms with Crippen molar-refractivity contribution in [2.24, 2.45) is 16.3 Å². The Morgan fingerprint density at radius 2 is 1.67 bits per heavy atom. The fraction of sp³-hybridized carbons (Fsp3) is 0.333. The van der Waals surface area contributed by atoms with Crippen LogP contribution in [-0.4, -0.2) is 23.6 Å². The van der Waals surface area contributed by atoms with E-state index in [1.807, 2.05) is 32.9 Å². The maximum Gasteiger partial charge on any atom is 0.332 e. The van der Waals surface area contributed by atoms with Gasteiger partial charge in [-0.3, -0.25) is 20.4 Å². The van der Waals surface area contributed by atoms with Crippen LogP contribution in [0.25, 0.3) is 0 Å². The van der Waals surface area contributed by atoms with Crippen LogP contribution >= 0.6 is 0 Å². The number of benzene rings is 1. The van der Waals surface area contributed by atoms with Gasteiger partial charge in [-0.05, 0) is 37.8 Å². The molecule has 0 atom stereocenters. The first-order valence-corrected chi connectivity index (χ1v) is 9.49. The molecule has 0 saturated carbocycles. The van der Waals surface area contributed by atoms with E-state index in [9.17, 15) is 14.4 Å². The third-order valence-corrected chi connectivity index (χ3v) is 4.90. The summed E-state index contributed by atoms with van der Waals surface area (Å²) in [5.74, 6) is -0.341. The molecule has 0 unspecified atom stereocenters. The molecule has 0 saturated heterocycles. The Balaban J connectivity index is 1.81. The second kappa shape index (κ2) is 8.02. The highest BCUT2D eigenvalue weighted by Gasteiger charge is 2.36. The summed E-state index contributed by atoms with van der Waals surface area (Å²) in [4.78, 5) is 36.0. The second-order valence-corrected chi connectivity index (χ2v) is 8.18. The van der Waals surface area contributed by atoms with Crippen molar-refractivity contribution in [1.82, 2.24) is 16.3 Å². The van der Waals surface area contributed by atoms with Crippen molar-refractivity contribution in [3.05, 3.63) is 58.0 Å². The number of amides is 4. The summed E-state index contributed by atoms with van der Waals surface area (Å²) in [7, 11) is 0. The molecule has 30 heavy (non-hydrogen) atoms. The summed E-state index contributed by atoms with van der Waals surface area (Å²) in [6, 6.07) is 6.19. The zero-order valence-electron chi connectivity index (χ0n) is 17.4. The van der Waals surface area contributed by atoms with E-state index < -0.39 is 17.8 Å². The van der Waals surface area contributed by atoms with Crippen LogP contribution < -0.4 is 22.0 Å². The van der Waals surface area contributed by atoms with Crippen molar-refractivity contribution < 1.29 is 18.8 Å². The van der Waals surface area contributed by atoms with Gasteiger partial charge in [0.05, 0.1) is 5.71 Å². The molecular weight excluding hydrogens is 386 g/mol. The third kappa shape index (κ3) is 4.51. The van der Waals surface area contributed by atoms with Crippen LogP contribution in [0, 0.1) is 19.3 Å². The largest absolute Gasteiger partial charge is 0.455 e. The van der Waals surface area contributed by atoms with Gasteiger partial charge >= 0.3 is 11.9 Å². The van der Waals surface area contributed by atoms with Gasteiger partial charge < -0.3 is 10.2 Å². The van der Waals surface area contributed by atoms with Gasteiger partial charge in [-0.2, -0.15) is 5.10 Å². The number of hydrazine groups is 1. The fourth-order valence-corrected chi connectivity index (χ4v) is 3.50. The standard InChI is InChI=1S/C21H25N5O4/c1-11-5-7-13(8-6-11)18(27)24-25-19(28)17-12(2)16-14(23-26-20(22)29)9-21(3,4)10-15(16)30-17/h5-8H,9-10H2,1-4H3,(H,24,27)(H,25,28)(H3,22,26,29)/b23-14-. The van der Waals surface area contributed by atoms with Crippen molar-refractivity contribution in [3.8, 4) is 0 Å². The number of hydrazone groups is 1. The third-order valence-electron chi connectivity index (χ3n) is 4.90. The Kier molecular flexibility index (Phi) is 5.64. The molecule has 9 nitrogen and oxygen atoms in total. The topological polar surface area (TPSA) is 139 Å². The quantitative estimate of drug-likeness (QED) is 0.576. The van der Waals surface area contributed by atoms with Crippen LogP contribution in [0.4, 0.5) is 4.79 Å². The van der Waals surface area contributed by atoms with E-state index in [2.05, 4.69) is 21.4 Å². The first kappa shape index (κ1) is 21.1. The Labute approximate surface area is 174 Å². The molecule has 4 amide bonds. The lowest BCUT2D eigenvalue weighted by Gasteiger charge is -2.29. The SMILES string of the molecule is Cc1ccc(C(=O)NNC(=O)c2oc3c(c2C)/C(=N\NC(N)=O)CC(C)(C)C3)cc1. The van der Waals surface area contributed by atoms with Crippen LogP contribution in [-0.2, 0) is 6.42 Å². The summed E-state index contributed by atoms with van der Waals surface area (Å²) in [5.41, 5.74) is 15.3. The van der Waals surface area contributed by atoms with Gasteiger partial charge in [-0.15, -0.1) is 0 Å². The van der Waals surface area contributed by atoms with Gasteiger partial charge in [0.25, 0.3) is 5.91 Å². The highest BCUT2D eigenvalue weighted by molar-refractivity contribution is 6.07. The van der Waals surface area contributed by atoms with Crippen molar-refractivity contribution in [3.63, 3.8) is 0 Å². The Morgan fingerprint density at radius 3 is 2.30 bits per heavy atom. The number of nitrogens with one attached hydrogen (secondary N) is 3. The van der Waals surface area contributed by atoms with E-state index in [0.717, 1.165) is 5.56 Å². The summed E-state index contributed by atoms with van der Waals surface area (Å²) in [5, 5.41) is 4.10. The van der Waals surface area contributed by atoms with Crippen LogP contribution in [0.1, 0.15) is 63.6 Å². The minimum atomic E-state index is -0.773. The summed E-state index contributed by atoms with van der Waals surface area (Å²) < 4.78 is 5.84. The molecule has 3 rings (SSSR count). The summed E-state index contributed by atoms with van der Waals surface area (Å²) in [6.07, 6.45) is 1.17. The van der Waals surface area contributed by atoms with Crippen LogP contribution in [0.3, 0.4) is 0 Å². The normalized spacial score (nSPS) is 15.9. The molecule has 0 bridgehead atoms. The van der Waals surface area contributed by atoms with E-state index in [0.29, 0.717) is 41.0 Å².